The van der Waals surface area contributed by atoms with Crippen molar-refractivity contribution in [2.75, 3.05) is 7.11 Å². The predicted molar refractivity (Wildman–Crippen MR) is 72.2 cm³/mol. The molecule has 0 aliphatic carbocycles. The summed E-state index contributed by atoms with van der Waals surface area (Å²) in [6.07, 6.45) is 0.925. The molecular weight excluding hydrogens is 242 g/mol. The first-order valence-electron chi connectivity index (χ1n) is 6.54. The Bertz CT molecular complexity index is 508. The van der Waals surface area contributed by atoms with Crippen LogP contribution in [0.4, 0.5) is 0 Å². The van der Waals surface area contributed by atoms with Crippen LogP contribution in [0.25, 0.3) is 0 Å². The second-order valence-corrected chi connectivity index (χ2v) is 5.16. The molecule has 0 aromatic heterocycles. The molecule has 0 saturated carbocycles. The molecule has 102 valence electrons. The molecule has 4 nitrogen and oxygen atoms in total. The van der Waals surface area contributed by atoms with E-state index in [4.69, 9.17) is 4.74 Å². The van der Waals surface area contributed by atoms with Gasteiger partial charge in [0.1, 0.15) is 5.75 Å². The standard InChI is InChI=1S/C15H19NO3/c1-9(2)10-4-6-13(19-3)12(8-10)11-5-7-14(17)16-15(11)18/h4,6,8-9,11H,5,7H2,1-3H3,(H,16,17,18). The van der Waals surface area contributed by atoms with Gasteiger partial charge in [-0.3, -0.25) is 14.9 Å². The summed E-state index contributed by atoms with van der Waals surface area (Å²) in [5.74, 6) is 0.374. The number of amides is 2. The van der Waals surface area contributed by atoms with Crippen LogP contribution in [0.5, 0.6) is 5.75 Å². The number of methoxy groups -OCH3 is 1. The number of nitrogens with one attached hydrogen (secondary N) is 1. The van der Waals surface area contributed by atoms with Crippen LogP contribution in [-0.4, -0.2) is 18.9 Å². The predicted octanol–water partition coefficient (Wildman–Crippen LogP) is 2.34. The Morgan fingerprint density at radius 1 is 1.32 bits per heavy atom. The van der Waals surface area contributed by atoms with Gasteiger partial charge >= 0.3 is 0 Å². The average Bonchev–Trinajstić information content (AvgIpc) is 2.38. The molecule has 4 heteroatoms. The maximum Gasteiger partial charge on any atom is 0.234 e. The molecule has 0 bridgehead atoms. The van der Waals surface area contributed by atoms with E-state index < -0.39 is 0 Å². The van der Waals surface area contributed by atoms with Gasteiger partial charge < -0.3 is 4.74 Å². The molecule has 1 heterocycles. The van der Waals surface area contributed by atoms with Gasteiger partial charge in [0.15, 0.2) is 0 Å². The summed E-state index contributed by atoms with van der Waals surface area (Å²) >= 11 is 0. The molecule has 2 rings (SSSR count). The molecule has 1 aliphatic heterocycles. The number of hydrogen-bond donors (Lipinski definition) is 1. The maximum absolute atomic E-state index is 12.0. The van der Waals surface area contributed by atoms with Gasteiger partial charge in [-0.05, 0) is 24.0 Å². The van der Waals surface area contributed by atoms with Crippen LogP contribution in [0.15, 0.2) is 18.2 Å². The highest BCUT2D eigenvalue weighted by molar-refractivity contribution is 6.01. The molecule has 1 aliphatic rings. The summed E-state index contributed by atoms with van der Waals surface area (Å²) in [4.78, 5) is 23.2. The van der Waals surface area contributed by atoms with E-state index in [0.29, 0.717) is 24.5 Å². The Kier molecular flexibility index (Phi) is 3.88. The van der Waals surface area contributed by atoms with Crippen LogP contribution < -0.4 is 10.1 Å². The normalized spacial score (nSPS) is 19.5. The van der Waals surface area contributed by atoms with Crippen molar-refractivity contribution in [1.82, 2.24) is 5.32 Å². The van der Waals surface area contributed by atoms with Gasteiger partial charge in [-0.25, -0.2) is 0 Å². The van der Waals surface area contributed by atoms with Crippen LogP contribution in [0.3, 0.4) is 0 Å². The van der Waals surface area contributed by atoms with Crippen molar-refractivity contribution < 1.29 is 14.3 Å². The highest BCUT2D eigenvalue weighted by Gasteiger charge is 2.30. The van der Waals surface area contributed by atoms with E-state index in [-0.39, 0.29) is 17.7 Å². The molecule has 0 radical (unpaired) electrons. The average molecular weight is 261 g/mol. The third-order valence-corrected chi connectivity index (χ3v) is 3.54. The molecule has 2 amide bonds. The molecule has 1 unspecified atom stereocenters. The van der Waals surface area contributed by atoms with Crippen LogP contribution in [0.1, 0.15) is 49.7 Å². The third kappa shape index (κ3) is 2.78. The minimum Gasteiger partial charge on any atom is -0.496 e. The first-order chi connectivity index (χ1) is 9.02. The zero-order valence-electron chi connectivity index (χ0n) is 11.5. The molecule has 1 N–H and O–H groups in total. The topological polar surface area (TPSA) is 55.4 Å². The number of carbonyl (C=O) groups excluding carboxylic acids is 2. The molecule has 1 aromatic carbocycles. The van der Waals surface area contributed by atoms with Gasteiger partial charge in [0, 0.05) is 12.0 Å². The van der Waals surface area contributed by atoms with E-state index >= 15 is 0 Å². The molecular formula is C15H19NO3. The quantitative estimate of drug-likeness (QED) is 0.850. The fourth-order valence-electron chi connectivity index (χ4n) is 2.37. The van der Waals surface area contributed by atoms with Crippen molar-refractivity contribution in [3.8, 4) is 5.75 Å². The number of ether oxygens (including phenoxy) is 1. The lowest BCUT2D eigenvalue weighted by Crippen LogP contribution is -2.39. The summed E-state index contributed by atoms with van der Waals surface area (Å²) in [6.45, 7) is 4.21. The van der Waals surface area contributed by atoms with E-state index in [1.807, 2.05) is 18.2 Å². The smallest absolute Gasteiger partial charge is 0.234 e. The van der Waals surface area contributed by atoms with Gasteiger partial charge in [0.2, 0.25) is 11.8 Å². The zero-order valence-corrected chi connectivity index (χ0v) is 11.5. The van der Waals surface area contributed by atoms with Crippen molar-refractivity contribution in [1.29, 1.82) is 0 Å². The Balaban J connectivity index is 2.39. The monoisotopic (exact) mass is 261 g/mol. The highest BCUT2D eigenvalue weighted by atomic mass is 16.5. The fourth-order valence-corrected chi connectivity index (χ4v) is 2.37. The van der Waals surface area contributed by atoms with Crippen molar-refractivity contribution in [3.63, 3.8) is 0 Å². The first-order valence-corrected chi connectivity index (χ1v) is 6.54. The SMILES string of the molecule is COc1ccc(C(C)C)cc1C1CCC(=O)NC1=O. The van der Waals surface area contributed by atoms with Crippen LogP contribution in [0, 0.1) is 0 Å². The molecule has 1 aromatic rings. The lowest BCUT2D eigenvalue weighted by atomic mass is 9.87. The lowest BCUT2D eigenvalue weighted by Gasteiger charge is -2.23. The minimum absolute atomic E-state index is 0.194. The molecule has 0 spiro atoms. The van der Waals surface area contributed by atoms with E-state index in [9.17, 15) is 9.59 Å². The molecule has 19 heavy (non-hydrogen) atoms. The molecule has 1 saturated heterocycles. The van der Waals surface area contributed by atoms with Crippen LogP contribution in [-0.2, 0) is 9.59 Å². The first kappa shape index (κ1) is 13.6. The largest absolute Gasteiger partial charge is 0.496 e. The Labute approximate surface area is 113 Å². The second kappa shape index (κ2) is 5.43. The third-order valence-electron chi connectivity index (χ3n) is 3.54. The molecule has 1 atom stereocenters. The van der Waals surface area contributed by atoms with Crippen LogP contribution in [0.2, 0.25) is 0 Å². The highest BCUT2D eigenvalue weighted by Crippen LogP contribution is 2.34. The number of piperidine rings is 1. The van der Waals surface area contributed by atoms with E-state index in [1.54, 1.807) is 7.11 Å². The van der Waals surface area contributed by atoms with Crippen LogP contribution >= 0.6 is 0 Å². The zero-order chi connectivity index (χ0) is 14.0. The number of carbonyl (C=O) groups is 2. The van der Waals surface area contributed by atoms with E-state index in [1.165, 1.54) is 5.56 Å². The minimum atomic E-state index is -0.300. The summed E-state index contributed by atoms with van der Waals surface area (Å²) in [7, 11) is 1.60. The number of rotatable bonds is 3. The summed E-state index contributed by atoms with van der Waals surface area (Å²) < 4.78 is 5.34. The Morgan fingerprint density at radius 3 is 2.63 bits per heavy atom. The van der Waals surface area contributed by atoms with Crippen molar-refractivity contribution in [2.45, 2.75) is 38.5 Å². The van der Waals surface area contributed by atoms with Crippen molar-refractivity contribution >= 4 is 11.8 Å². The maximum atomic E-state index is 12.0. The summed E-state index contributed by atoms with van der Waals surface area (Å²) in [5.41, 5.74) is 2.04. The summed E-state index contributed by atoms with van der Waals surface area (Å²) in [6, 6.07) is 5.93. The fraction of sp³-hybridized carbons (Fsp3) is 0.467. The van der Waals surface area contributed by atoms with Gasteiger partial charge in [-0.2, -0.15) is 0 Å². The molecule has 1 fully saturated rings. The number of hydrogen-bond acceptors (Lipinski definition) is 3. The Morgan fingerprint density at radius 2 is 2.05 bits per heavy atom. The summed E-state index contributed by atoms with van der Waals surface area (Å²) in [5, 5.41) is 2.39. The number of imide groups is 1. The Hall–Kier alpha value is -1.84. The van der Waals surface area contributed by atoms with E-state index in [0.717, 1.165) is 5.56 Å². The van der Waals surface area contributed by atoms with E-state index in [2.05, 4.69) is 19.2 Å². The number of benzene rings is 1. The van der Waals surface area contributed by atoms with Gasteiger partial charge in [-0.15, -0.1) is 0 Å². The van der Waals surface area contributed by atoms with Gasteiger partial charge in [-0.1, -0.05) is 26.0 Å². The lowest BCUT2D eigenvalue weighted by molar-refractivity contribution is -0.134. The van der Waals surface area contributed by atoms with Gasteiger partial charge in [0.25, 0.3) is 0 Å². The second-order valence-electron chi connectivity index (χ2n) is 5.16. The van der Waals surface area contributed by atoms with Crippen molar-refractivity contribution in [2.24, 2.45) is 0 Å². The van der Waals surface area contributed by atoms with Crippen molar-refractivity contribution in [3.05, 3.63) is 29.3 Å². The van der Waals surface area contributed by atoms with Gasteiger partial charge in [0.05, 0.1) is 13.0 Å².